The van der Waals surface area contributed by atoms with Crippen molar-refractivity contribution >= 4 is 23.0 Å². The second-order valence-electron chi connectivity index (χ2n) is 7.54. The maximum absolute atomic E-state index is 6.00. The maximum atomic E-state index is 6.00. The molecule has 2 aromatic rings. The number of hydrogen-bond donors (Lipinski definition) is 0. The minimum Gasteiger partial charge on any atom is -0.369 e. The van der Waals surface area contributed by atoms with Crippen molar-refractivity contribution in [2.24, 2.45) is 0 Å². The molecule has 0 radical (unpaired) electrons. The van der Waals surface area contributed by atoms with Gasteiger partial charge >= 0.3 is 0 Å². The molecule has 0 atom stereocenters. The lowest BCUT2D eigenvalue weighted by molar-refractivity contribution is 0.247. The van der Waals surface area contributed by atoms with Crippen molar-refractivity contribution in [1.29, 1.82) is 0 Å². The van der Waals surface area contributed by atoms with E-state index in [9.17, 15) is 0 Å². The Hall–Kier alpha value is -1.82. The normalized spacial score (nSPS) is 19.5. The van der Waals surface area contributed by atoms with Crippen molar-refractivity contribution in [2.45, 2.75) is 6.54 Å². The quantitative estimate of drug-likeness (QED) is 0.806. The van der Waals surface area contributed by atoms with Crippen LogP contribution in [0.2, 0.25) is 5.02 Å². The highest BCUT2D eigenvalue weighted by Crippen LogP contribution is 2.21. The van der Waals surface area contributed by atoms with Crippen LogP contribution in [0.1, 0.15) is 5.69 Å². The SMILES string of the molecule is CN1CCN(c2ccnc(CN3CCN(c4ccc(Cl)cc4)CC3)c2)CC1. The summed E-state index contributed by atoms with van der Waals surface area (Å²) in [5.41, 5.74) is 3.74. The van der Waals surface area contributed by atoms with Crippen molar-refractivity contribution in [2.75, 3.05) is 69.2 Å². The number of hydrogen-bond acceptors (Lipinski definition) is 5. The molecule has 2 aliphatic rings. The summed E-state index contributed by atoms with van der Waals surface area (Å²) in [6.07, 6.45) is 1.97. The zero-order valence-corrected chi connectivity index (χ0v) is 16.8. The van der Waals surface area contributed by atoms with Crippen LogP contribution in [0, 0.1) is 0 Å². The number of halogens is 1. The Morgan fingerprint density at radius 2 is 1.44 bits per heavy atom. The van der Waals surface area contributed by atoms with Gasteiger partial charge in [0.15, 0.2) is 0 Å². The summed E-state index contributed by atoms with van der Waals surface area (Å²) in [5, 5.41) is 0.795. The lowest BCUT2D eigenvalue weighted by Crippen LogP contribution is -2.46. The van der Waals surface area contributed by atoms with Crippen LogP contribution in [0.4, 0.5) is 11.4 Å². The summed E-state index contributed by atoms with van der Waals surface area (Å²) in [5.74, 6) is 0. The van der Waals surface area contributed by atoms with Gasteiger partial charge in [-0.2, -0.15) is 0 Å². The fraction of sp³-hybridized carbons (Fsp3) is 0.476. The number of anilines is 2. The third kappa shape index (κ3) is 4.72. The van der Waals surface area contributed by atoms with Gasteiger partial charge in [-0.1, -0.05) is 11.6 Å². The van der Waals surface area contributed by atoms with E-state index in [1.165, 1.54) is 17.1 Å². The average molecular weight is 386 g/mol. The molecule has 0 unspecified atom stereocenters. The summed E-state index contributed by atoms with van der Waals surface area (Å²) >= 11 is 6.00. The van der Waals surface area contributed by atoms with Crippen LogP contribution in [0.25, 0.3) is 0 Å². The summed E-state index contributed by atoms with van der Waals surface area (Å²) in [4.78, 5) is 14.4. The van der Waals surface area contributed by atoms with E-state index >= 15 is 0 Å². The van der Waals surface area contributed by atoms with E-state index in [4.69, 9.17) is 11.6 Å². The molecular weight excluding hydrogens is 358 g/mol. The smallest absolute Gasteiger partial charge is 0.0564 e. The fourth-order valence-electron chi connectivity index (χ4n) is 3.86. The summed E-state index contributed by atoms with van der Waals surface area (Å²) in [6, 6.07) is 12.6. The van der Waals surface area contributed by atoms with Gasteiger partial charge in [0, 0.05) is 81.5 Å². The predicted octanol–water partition coefficient (Wildman–Crippen LogP) is 2.81. The van der Waals surface area contributed by atoms with Gasteiger partial charge < -0.3 is 14.7 Å². The van der Waals surface area contributed by atoms with Gasteiger partial charge in [0.2, 0.25) is 0 Å². The molecule has 0 saturated carbocycles. The summed E-state index contributed by atoms with van der Waals surface area (Å²) < 4.78 is 0. The lowest BCUT2D eigenvalue weighted by Gasteiger charge is -2.36. The summed E-state index contributed by atoms with van der Waals surface area (Å²) in [6.45, 7) is 9.58. The second-order valence-corrected chi connectivity index (χ2v) is 7.97. The van der Waals surface area contributed by atoms with Crippen molar-refractivity contribution < 1.29 is 0 Å². The Kier molecular flexibility index (Phi) is 5.81. The van der Waals surface area contributed by atoms with Crippen LogP contribution in [0.3, 0.4) is 0 Å². The van der Waals surface area contributed by atoms with E-state index in [1.54, 1.807) is 0 Å². The third-order valence-electron chi connectivity index (χ3n) is 5.62. The zero-order chi connectivity index (χ0) is 18.6. The van der Waals surface area contributed by atoms with Crippen LogP contribution in [0.5, 0.6) is 0 Å². The van der Waals surface area contributed by atoms with Crippen molar-refractivity contribution in [3.05, 3.63) is 53.3 Å². The van der Waals surface area contributed by atoms with E-state index in [0.29, 0.717) is 0 Å². The Balaban J connectivity index is 1.32. The standard InChI is InChI=1S/C21H28ClN5/c1-24-8-12-27(13-9-24)21-6-7-23-19(16-21)17-25-10-14-26(15-11-25)20-4-2-18(22)3-5-20/h2-7,16H,8-15,17H2,1H3. The van der Waals surface area contributed by atoms with Gasteiger partial charge in [0.25, 0.3) is 0 Å². The molecule has 4 rings (SSSR count). The molecule has 0 N–H and O–H groups in total. The Labute approximate surface area is 167 Å². The molecule has 1 aromatic carbocycles. The maximum Gasteiger partial charge on any atom is 0.0564 e. The van der Waals surface area contributed by atoms with Gasteiger partial charge in [-0.05, 0) is 43.4 Å². The number of pyridine rings is 1. The molecule has 5 nitrogen and oxygen atoms in total. The molecule has 0 aliphatic carbocycles. The number of aromatic nitrogens is 1. The topological polar surface area (TPSA) is 25.9 Å². The van der Waals surface area contributed by atoms with Crippen LogP contribution in [-0.4, -0.2) is 74.2 Å². The first-order valence-electron chi connectivity index (χ1n) is 9.79. The lowest BCUT2D eigenvalue weighted by atomic mass is 10.2. The molecule has 2 aliphatic heterocycles. The molecule has 0 amide bonds. The molecule has 1 aromatic heterocycles. The van der Waals surface area contributed by atoms with Gasteiger partial charge in [-0.15, -0.1) is 0 Å². The highest BCUT2D eigenvalue weighted by atomic mass is 35.5. The van der Waals surface area contributed by atoms with Crippen molar-refractivity contribution in [3.8, 4) is 0 Å². The minimum absolute atomic E-state index is 0.795. The number of benzene rings is 1. The molecule has 0 spiro atoms. The Morgan fingerprint density at radius 1 is 0.815 bits per heavy atom. The highest BCUT2D eigenvalue weighted by molar-refractivity contribution is 6.30. The van der Waals surface area contributed by atoms with Gasteiger partial charge in [-0.3, -0.25) is 9.88 Å². The molecule has 144 valence electrons. The number of nitrogens with zero attached hydrogens (tertiary/aromatic N) is 5. The number of likely N-dealkylation sites (N-methyl/N-ethyl adjacent to an activating group) is 1. The van der Waals surface area contributed by atoms with E-state index < -0.39 is 0 Å². The fourth-order valence-corrected chi connectivity index (χ4v) is 3.98. The van der Waals surface area contributed by atoms with Crippen molar-refractivity contribution in [3.63, 3.8) is 0 Å². The summed E-state index contributed by atoms with van der Waals surface area (Å²) in [7, 11) is 2.19. The molecule has 2 fully saturated rings. The van der Waals surface area contributed by atoms with Crippen molar-refractivity contribution in [1.82, 2.24) is 14.8 Å². The minimum atomic E-state index is 0.795. The van der Waals surface area contributed by atoms with Crippen LogP contribution in [0.15, 0.2) is 42.6 Å². The average Bonchev–Trinajstić information content (AvgIpc) is 2.70. The molecule has 3 heterocycles. The third-order valence-corrected chi connectivity index (χ3v) is 5.87. The van der Waals surface area contributed by atoms with Crippen LogP contribution >= 0.6 is 11.6 Å². The Morgan fingerprint density at radius 3 is 2.15 bits per heavy atom. The first kappa shape index (κ1) is 18.5. The second kappa shape index (κ2) is 8.46. The molecular formula is C21H28ClN5. The first-order chi connectivity index (χ1) is 13.2. The van der Waals surface area contributed by atoms with E-state index in [1.807, 2.05) is 18.3 Å². The highest BCUT2D eigenvalue weighted by Gasteiger charge is 2.19. The predicted molar refractivity (Wildman–Crippen MR) is 113 cm³/mol. The molecule has 0 bridgehead atoms. The van der Waals surface area contributed by atoms with Gasteiger partial charge in [0.1, 0.15) is 0 Å². The van der Waals surface area contributed by atoms with Gasteiger partial charge in [-0.25, -0.2) is 0 Å². The molecule has 2 saturated heterocycles. The van der Waals surface area contributed by atoms with Crippen LogP contribution < -0.4 is 9.80 Å². The van der Waals surface area contributed by atoms with E-state index in [-0.39, 0.29) is 0 Å². The number of piperazine rings is 2. The largest absolute Gasteiger partial charge is 0.369 e. The Bertz CT molecular complexity index is 734. The van der Waals surface area contributed by atoms with E-state index in [2.05, 4.69) is 55.9 Å². The van der Waals surface area contributed by atoms with E-state index in [0.717, 1.165) is 63.9 Å². The van der Waals surface area contributed by atoms with Crippen LogP contribution in [-0.2, 0) is 6.54 Å². The molecule has 6 heteroatoms. The monoisotopic (exact) mass is 385 g/mol. The zero-order valence-electron chi connectivity index (χ0n) is 16.0. The first-order valence-corrected chi connectivity index (χ1v) is 10.2. The van der Waals surface area contributed by atoms with Gasteiger partial charge in [0.05, 0.1) is 5.69 Å². The molecule has 27 heavy (non-hydrogen) atoms. The number of rotatable bonds is 4.